The summed E-state index contributed by atoms with van der Waals surface area (Å²) in [4.78, 5) is 4.96. The van der Waals surface area contributed by atoms with Crippen LogP contribution in [0.4, 0.5) is 0 Å². The van der Waals surface area contributed by atoms with E-state index in [4.69, 9.17) is 4.99 Å². The highest BCUT2D eigenvalue weighted by Crippen LogP contribution is 2.21. The van der Waals surface area contributed by atoms with Gasteiger partial charge in [-0.2, -0.15) is 0 Å². The van der Waals surface area contributed by atoms with E-state index in [0.29, 0.717) is 0 Å². The van der Waals surface area contributed by atoms with Crippen molar-refractivity contribution in [2.45, 2.75) is 71.9 Å². The van der Waals surface area contributed by atoms with Crippen molar-refractivity contribution in [2.24, 2.45) is 4.99 Å². The Hall–Kier alpha value is -0.373. The fourth-order valence-electron chi connectivity index (χ4n) is 2.50. The van der Waals surface area contributed by atoms with E-state index in [1.54, 1.807) is 10.5 Å². The summed E-state index contributed by atoms with van der Waals surface area (Å²) in [6, 6.07) is 0. The largest absolute Gasteiger partial charge is 0.298 e. The van der Waals surface area contributed by atoms with Crippen LogP contribution in [-0.2, 0) is 0 Å². The van der Waals surface area contributed by atoms with E-state index in [1.165, 1.54) is 44.9 Å². The van der Waals surface area contributed by atoms with Gasteiger partial charge >= 0.3 is 0 Å². The van der Waals surface area contributed by atoms with Gasteiger partial charge in [-0.3, -0.25) is 4.99 Å². The fraction of sp³-hybridized carbons (Fsp3) is 0.800. The van der Waals surface area contributed by atoms with E-state index in [9.17, 15) is 0 Å². The van der Waals surface area contributed by atoms with E-state index in [0.717, 1.165) is 6.54 Å². The molecule has 0 amide bonds. The van der Waals surface area contributed by atoms with Gasteiger partial charge in [0.15, 0.2) is 0 Å². The zero-order chi connectivity index (χ0) is 12.7. The third-order valence-corrected chi connectivity index (χ3v) is 8.38. The molecule has 0 atom stereocenters. The van der Waals surface area contributed by atoms with Crippen LogP contribution in [0.2, 0.25) is 13.1 Å². The van der Waals surface area contributed by atoms with Crippen LogP contribution in [0.25, 0.3) is 0 Å². The van der Waals surface area contributed by atoms with Gasteiger partial charge in [-0.1, -0.05) is 50.0 Å². The zero-order valence-corrected chi connectivity index (χ0v) is 13.2. The first-order valence-electron chi connectivity index (χ1n) is 7.26. The van der Waals surface area contributed by atoms with Crippen LogP contribution in [0.5, 0.6) is 0 Å². The number of hydrogen-bond acceptors (Lipinski definition) is 1. The topological polar surface area (TPSA) is 12.4 Å². The summed E-state index contributed by atoms with van der Waals surface area (Å²) in [5.74, 6) is 0. The Morgan fingerprint density at radius 1 is 1.06 bits per heavy atom. The Bertz CT molecular complexity index is 289. The van der Waals surface area contributed by atoms with Crippen LogP contribution in [0.15, 0.2) is 16.3 Å². The maximum absolute atomic E-state index is 4.96. The molecule has 0 saturated carbocycles. The van der Waals surface area contributed by atoms with E-state index in [-0.39, 0.29) is 0 Å². The highest BCUT2D eigenvalue weighted by molar-refractivity contribution is 7.10. The summed E-state index contributed by atoms with van der Waals surface area (Å²) in [7, 11) is -1.39. The Labute approximate surface area is 108 Å². The normalized spacial score (nSPS) is 20.9. The lowest BCUT2D eigenvalue weighted by atomic mass is 10.1. The highest BCUT2D eigenvalue weighted by atomic mass is 28.3. The minimum Gasteiger partial charge on any atom is -0.298 e. The molecule has 0 fully saturated rings. The highest BCUT2D eigenvalue weighted by Gasteiger charge is 2.28. The second-order valence-corrected chi connectivity index (χ2v) is 10.4. The second-order valence-electron chi connectivity index (χ2n) is 5.80. The molecule has 1 aliphatic rings. The smallest absolute Gasteiger partial charge is 0.124 e. The summed E-state index contributed by atoms with van der Waals surface area (Å²) >= 11 is 0. The Kier molecular flexibility index (Phi) is 6.18. The monoisotopic (exact) mass is 251 g/mol. The molecule has 1 rings (SSSR count). The van der Waals surface area contributed by atoms with Crippen molar-refractivity contribution in [1.82, 2.24) is 0 Å². The molecule has 0 aliphatic carbocycles. The molecule has 1 heterocycles. The van der Waals surface area contributed by atoms with Crippen LogP contribution in [0, 0.1) is 0 Å². The van der Waals surface area contributed by atoms with Gasteiger partial charge in [-0.15, -0.1) is 0 Å². The van der Waals surface area contributed by atoms with Crippen LogP contribution in [0.3, 0.4) is 0 Å². The summed E-state index contributed by atoms with van der Waals surface area (Å²) in [6.45, 7) is 10.5. The summed E-state index contributed by atoms with van der Waals surface area (Å²) in [5, 5.41) is 3.16. The average Bonchev–Trinajstić information content (AvgIpc) is 2.34. The molecule has 0 unspecified atom stereocenters. The molecule has 1 aliphatic heterocycles. The van der Waals surface area contributed by atoms with Gasteiger partial charge in [0.1, 0.15) is 8.07 Å². The Morgan fingerprint density at radius 3 is 2.29 bits per heavy atom. The van der Waals surface area contributed by atoms with Gasteiger partial charge in [0.05, 0.1) is 0 Å². The molecule has 0 saturated heterocycles. The van der Waals surface area contributed by atoms with Crippen molar-refractivity contribution in [3.63, 3.8) is 0 Å². The van der Waals surface area contributed by atoms with Crippen molar-refractivity contribution in [2.75, 3.05) is 6.54 Å². The van der Waals surface area contributed by atoms with Crippen molar-refractivity contribution in [3.05, 3.63) is 11.3 Å². The predicted octanol–water partition coefficient (Wildman–Crippen LogP) is 4.92. The standard InChI is InChI=1S/C15H29NSi/c1-5-14(2)17(3,4)15-12-10-8-6-7-9-11-13-16-15/h5H,6-13H2,1-4H3/b14-5+,16-15?. The third kappa shape index (κ3) is 4.42. The van der Waals surface area contributed by atoms with Crippen LogP contribution >= 0.6 is 0 Å². The summed E-state index contributed by atoms with van der Waals surface area (Å²) in [5.41, 5.74) is 0. The fourth-order valence-corrected chi connectivity index (χ4v) is 4.99. The molecular formula is C15H29NSi. The van der Waals surface area contributed by atoms with E-state index >= 15 is 0 Å². The molecule has 0 bridgehead atoms. The van der Waals surface area contributed by atoms with Crippen LogP contribution in [-0.4, -0.2) is 20.0 Å². The zero-order valence-electron chi connectivity index (χ0n) is 12.2. The molecule has 0 aromatic rings. The minimum absolute atomic E-state index is 1.07. The summed E-state index contributed by atoms with van der Waals surface area (Å²) < 4.78 is 0. The number of nitrogens with zero attached hydrogens (tertiary/aromatic N) is 1. The van der Waals surface area contributed by atoms with Gasteiger partial charge in [-0.25, -0.2) is 0 Å². The lowest BCUT2D eigenvalue weighted by molar-refractivity contribution is 0.597. The van der Waals surface area contributed by atoms with Crippen molar-refractivity contribution in [1.29, 1.82) is 0 Å². The molecule has 98 valence electrons. The molecule has 0 spiro atoms. The van der Waals surface area contributed by atoms with E-state index in [2.05, 4.69) is 33.0 Å². The van der Waals surface area contributed by atoms with Crippen LogP contribution < -0.4 is 0 Å². The molecule has 0 N–H and O–H groups in total. The number of hydrogen-bond donors (Lipinski definition) is 0. The van der Waals surface area contributed by atoms with Crippen molar-refractivity contribution < 1.29 is 0 Å². The summed E-state index contributed by atoms with van der Waals surface area (Å²) in [6.07, 6.45) is 11.8. The van der Waals surface area contributed by atoms with Gasteiger partial charge in [0.2, 0.25) is 0 Å². The molecule has 0 radical (unpaired) electrons. The molecular weight excluding hydrogens is 222 g/mol. The van der Waals surface area contributed by atoms with E-state index in [1.807, 2.05) is 0 Å². The first-order valence-corrected chi connectivity index (χ1v) is 10.3. The van der Waals surface area contributed by atoms with Gasteiger partial charge in [0.25, 0.3) is 0 Å². The SMILES string of the molecule is C/C=C(\C)[Si](C)(C)C1=NCCCCCCCC1. The average molecular weight is 251 g/mol. The van der Waals surface area contributed by atoms with Crippen LogP contribution in [0.1, 0.15) is 58.8 Å². The van der Waals surface area contributed by atoms with Gasteiger partial charge in [0, 0.05) is 11.9 Å². The van der Waals surface area contributed by atoms with Crippen molar-refractivity contribution >= 4 is 13.4 Å². The molecule has 0 aromatic carbocycles. The van der Waals surface area contributed by atoms with E-state index < -0.39 is 8.07 Å². The van der Waals surface area contributed by atoms with Crippen molar-refractivity contribution in [3.8, 4) is 0 Å². The quantitative estimate of drug-likeness (QED) is 0.617. The first kappa shape index (κ1) is 14.7. The second kappa shape index (κ2) is 7.15. The minimum atomic E-state index is -1.39. The lowest BCUT2D eigenvalue weighted by Crippen LogP contribution is -2.39. The Morgan fingerprint density at radius 2 is 1.65 bits per heavy atom. The first-order chi connectivity index (χ1) is 8.09. The molecule has 17 heavy (non-hydrogen) atoms. The number of aliphatic imine (C=N–C) groups is 1. The predicted molar refractivity (Wildman–Crippen MR) is 81.5 cm³/mol. The Balaban J connectivity index is 2.79. The number of rotatable bonds is 2. The molecule has 0 aromatic heterocycles. The maximum atomic E-state index is 4.96. The molecule has 1 nitrogen and oxygen atoms in total. The lowest BCUT2D eigenvalue weighted by Gasteiger charge is -2.26. The molecule has 2 heteroatoms. The maximum Gasteiger partial charge on any atom is 0.124 e. The van der Waals surface area contributed by atoms with Gasteiger partial charge in [-0.05, 0) is 33.1 Å². The van der Waals surface area contributed by atoms with Gasteiger partial charge < -0.3 is 0 Å². The number of allylic oxidation sites excluding steroid dienone is 2. The third-order valence-electron chi connectivity index (χ3n) is 4.26.